The first kappa shape index (κ1) is 10.7. The molecule has 0 heterocycles. The molecule has 1 aliphatic carbocycles. The highest BCUT2D eigenvalue weighted by molar-refractivity contribution is 4.86. The van der Waals surface area contributed by atoms with Gasteiger partial charge < -0.3 is 0 Å². The van der Waals surface area contributed by atoms with Crippen molar-refractivity contribution in [2.75, 3.05) is 6.54 Å². The van der Waals surface area contributed by atoms with E-state index in [0.717, 1.165) is 19.3 Å². The fraction of sp³-hybridized carbons (Fsp3) is 1.00. The zero-order valence-corrected chi connectivity index (χ0v) is 8.24. The van der Waals surface area contributed by atoms with Gasteiger partial charge in [0.2, 0.25) is 0 Å². The molecule has 0 amide bonds. The van der Waals surface area contributed by atoms with Crippen LogP contribution in [0, 0.1) is 11.8 Å². The predicted octanol–water partition coefficient (Wildman–Crippen LogP) is 3.41. The van der Waals surface area contributed by atoms with Crippen molar-refractivity contribution in [3.8, 4) is 0 Å². The molecule has 6 heteroatoms. The van der Waals surface area contributed by atoms with Gasteiger partial charge in [0, 0.05) is 22.4 Å². The first-order chi connectivity index (χ1) is 6.76. The molecule has 0 N–H and O–H groups in total. The Morgan fingerprint density at radius 2 is 2.07 bits per heavy atom. The molecule has 1 fully saturated rings. The van der Waals surface area contributed by atoms with Crippen LogP contribution in [0.4, 0.5) is 0 Å². The highest BCUT2D eigenvalue weighted by Crippen LogP contribution is 2.35. The van der Waals surface area contributed by atoms with Crippen molar-refractivity contribution in [2.45, 2.75) is 32.2 Å². The van der Waals surface area contributed by atoms with Gasteiger partial charge in [-0.15, -0.1) is 0 Å². The minimum atomic E-state index is 0.205. The second-order valence-electron chi connectivity index (χ2n) is 3.95. The molecule has 14 heavy (non-hydrogen) atoms. The van der Waals surface area contributed by atoms with E-state index in [1.807, 2.05) is 0 Å². The third kappa shape index (κ3) is 3.17. The van der Waals surface area contributed by atoms with Crippen LogP contribution in [0.3, 0.4) is 0 Å². The van der Waals surface area contributed by atoms with Gasteiger partial charge in [0.15, 0.2) is 0 Å². The molecule has 0 aromatic carbocycles. The summed E-state index contributed by atoms with van der Waals surface area (Å²) < 4.78 is 0. The van der Waals surface area contributed by atoms with E-state index < -0.39 is 0 Å². The maximum absolute atomic E-state index is 8.19. The Morgan fingerprint density at radius 1 is 1.36 bits per heavy atom. The summed E-state index contributed by atoms with van der Waals surface area (Å²) in [5.41, 5.74) is 16.3. The van der Waals surface area contributed by atoms with Crippen LogP contribution < -0.4 is 0 Å². The molecule has 0 aliphatic heterocycles. The van der Waals surface area contributed by atoms with Crippen LogP contribution in [0.1, 0.15) is 26.2 Å². The summed E-state index contributed by atoms with van der Waals surface area (Å²) in [5, 5.41) is 7.19. The summed E-state index contributed by atoms with van der Waals surface area (Å²) in [6.07, 6.45) is 3.05. The summed E-state index contributed by atoms with van der Waals surface area (Å²) in [6.45, 7) is 2.65. The standard InChI is InChI=1S/C8H14N6/c1-6(5-11-13-9)2-7-3-8(4-7)12-14-10/h6-8H,2-5H2,1H3. The van der Waals surface area contributed by atoms with Crippen LogP contribution in [-0.4, -0.2) is 12.6 Å². The fourth-order valence-electron chi connectivity index (χ4n) is 1.88. The molecule has 0 radical (unpaired) electrons. The number of hydrogen-bond donors (Lipinski definition) is 0. The van der Waals surface area contributed by atoms with E-state index in [1.54, 1.807) is 0 Å². The molecule has 6 nitrogen and oxygen atoms in total. The maximum atomic E-state index is 8.19. The van der Waals surface area contributed by atoms with Crippen LogP contribution in [0.5, 0.6) is 0 Å². The van der Waals surface area contributed by atoms with Gasteiger partial charge in [0.1, 0.15) is 0 Å². The average Bonchev–Trinajstić information content (AvgIpc) is 2.11. The van der Waals surface area contributed by atoms with Crippen molar-refractivity contribution >= 4 is 0 Å². The average molecular weight is 194 g/mol. The monoisotopic (exact) mass is 194 g/mol. The van der Waals surface area contributed by atoms with E-state index in [-0.39, 0.29) is 6.04 Å². The topological polar surface area (TPSA) is 97.5 Å². The Hall–Kier alpha value is -1.38. The molecular weight excluding hydrogens is 180 g/mol. The smallest absolute Gasteiger partial charge is 0.0379 e. The van der Waals surface area contributed by atoms with E-state index in [9.17, 15) is 0 Å². The first-order valence-corrected chi connectivity index (χ1v) is 4.81. The summed E-state index contributed by atoms with van der Waals surface area (Å²) in [7, 11) is 0. The Morgan fingerprint density at radius 3 is 2.64 bits per heavy atom. The third-order valence-electron chi connectivity index (χ3n) is 2.62. The largest absolute Gasteiger partial charge is 0.0937 e. The van der Waals surface area contributed by atoms with Crippen LogP contribution >= 0.6 is 0 Å². The highest BCUT2D eigenvalue weighted by atomic mass is 15.2. The van der Waals surface area contributed by atoms with E-state index in [0.29, 0.717) is 18.4 Å². The molecule has 0 aromatic rings. The van der Waals surface area contributed by atoms with Gasteiger partial charge >= 0.3 is 0 Å². The Bertz CT molecular complexity index is 270. The molecule has 0 aromatic heterocycles. The van der Waals surface area contributed by atoms with E-state index in [2.05, 4.69) is 27.0 Å². The predicted molar refractivity (Wildman–Crippen MR) is 53.5 cm³/mol. The second-order valence-corrected chi connectivity index (χ2v) is 3.95. The zero-order chi connectivity index (χ0) is 10.4. The molecule has 76 valence electrons. The van der Waals surface area contributed by atoms with Gasteiger partial charge in [-0.3, -0.25) is 0 Å². The summed E-state index contributed by atoms with van der Waals surface area (Å²) in [6, 6.07) is 0.205. The van der Waals surface area contributed by atoms with Crippen molar-refractivity contribution < 1.29 is 0 Å². The number of nitrogens with zero attached hydrogens (tertiary/aromatic N) is 6. The molecular formula is C8H14N6. The quantitative estimate of drug-likeness (QED) is 0.364. The third-order valence-corrected chi connectivity index (χ3v) is 2.62. The van der Waals surface area contributed by atoms with Crippen LogP contribution in [-0.2, 0) is 0 Å². The highest BCUT2D eigenvalue weighted by Gasteiger charge is 2.28. The normalized spacial score (nSPS) is 26.6. The van der Waals surface area contributed by atoms with E-state index in [1.165, 1.54) is 0 Å². The number of azide groups is 2. The first-order valence-electron chi connectivity index (χ1n) is 4.81. The molecule has 1 unspecified atom stereocenters. The second kappa shape index (κ2) is 5.37. The van der Waals surface area contributed by atoms with Gasteiger partial charge in [-0.1, -0.05) is 17.2 Å². The minimum Gasteiger partial charge on any atom is -0.0937 e. The van der Waals surface area contributed by atoms with Gasteiger partial charge in [-0.25, -0.2) is 0 Å². The lowest BCUT2D eigenvalue weighted by Gasteiger charge is -2.33. The lowest BCUT2D eigenvalue weighted by Crippen LogP contribution is -2.28. The van der Waals surface area contributed by atoms with Crippen LogP contribution in [0.25, 0.3) is 20.9 Å². The molecule has 0 saturated heterocycles. The van der Waals surface area contributed by atoms with Crippen molar-refractivity contribution in [1.29, 1.82) is 0 Å². The molecule has 0 bridgehead atoms. The Kier molecular flexibility index (Phi) is 4.11. The summed E-state index contributed by atoms with van der Waals surface area (Å²) >= 11 is 0. The van der Waals surface area contributed by atoms with E-state index in [4.69, 9.17) is 11.1 Å². The Balaban J connectivity index is 2.15. The summed E-state index contributed by atoms with van der Waals surface area (Å²) in [5.74, 6) is 1.08. The number of hydrogen-bond acceptors (Lipinski definition) is 2. The van der Waals surface area contributed by atoms with Crippen molar-refractivity contribution in [2.24, 2.45) is 22.1 Å². The molecule has 1 aliphatic rings. The Labute approximate surface area is 82.6 Å². The molecule has 1 saturated carbocycles. The van der Waals surface area contributed by atoms with Crippen LogP contribution in [0.15, 0.2) is 10.2 Å². The molecule has 1 atom stereocenters. The van der Waals surface area contributed by atoms with Crippen molar-refractivity contribution in [3.05, 3.63) is 20.9 Å². The van der Waals surface area contributed by atoms with Crippen LogP contribution in [0.2, 0.25) is 0 Å². The van der Waals surface area contributed by atoms with Gasteiger partial charge in [0.25, 0.3) is 0 Å². The lowest BCUT2D eigenvalue weighted by molar-refractivity contribution is 0.222. The minimum absolute atomic E-state index is 0.205. The zero-order valence-electron chi connectivity index (χ0n) is 8.24. The van der Waals surface area contributed by atoms with E-state index >= 15 is 0 Å². The summed E-state index contributed by atoms with van der Waals surface area (Å²) in [4.78, 5) is 5.51. The lowest BCUT2D eigenvalue weighted by atomic mass is 9.76. The molecule has 0 spiro atoms. The van der Waals surface area contributed by atoms with Gasteiger partial charge in [-0.05, 0) is 42.2 Å². The van der Waals surface area contributed by atoms with Crippen molar-refractivity contribution in [3.63, 3.8) is 0 Å². The molecule has 1 rings (SSSR count). The van der Waals surface area contributed by atoms with Gasteiger partial charge in [-0.2, -0.15) is 0 Å². The maximum Gasteiger partial charge on any atom is 0.0379 e. The van der Waals surface area contributed by atoms with Gasteiger partial charge in [0.05, 0.1) is 0 Å². The fourth-order valence-corrected chi connectivity index (χ4v) is 1.88. The number of rotatable bonds is 5. The SMILES string of the molecule is CC(CN=[N+]=[N-])CC1CC(N=[N+]=[N-])C1. The van der Waals surface area contributed by atoms with Crippen molar-refractivity contribution in [1.82, 2.24) is 0 Å².